The Morgan fingerprint density at radius 2 is 1.77 bits per heavy atom. The van der Waals surface area contributed by atoms with Crippen LogP contribution < -0.4 is 0 Å². The Morgan fingerprint density at radius 3 is 2.08 bits per heavy atom. The van der Waals surface area contributed by atoms with Crippen LogP contribution in [0.1, 0.15) is 33.6 Å². The van der Waals surface area contributed by atoms with E-state index in [0.29, 0.717) is 6.04 Å². The number of hydrogen-bond acceptors (Lipinski definition) is 2. The van der Waals surface area contributed by atoms with Gasteiger partial charge in [-0.25, -0.2) is 0 Å². The van der Waals surface area contributed by atoms with E-state index in [1.165, 1.54) is 0 Å². The molecule has 0 radical (unpaired) electrons. The molecule has 0 N–H and O–H groups in total. The molecular formula is C10H21NOS. The van der Waals surface area contributed by atoms with Crippen molar-refractivity contribution in [1.82, 2.24) is 4.90 Å². The lowest BCUT2D eigenvalue weighted by atomic mass is 9.97. The molecule has 1 aliphatic rings. The van der Waals surface area contributed by atoms with Crippen LogP contribution in [-0.2, 0) is 10.8 Å². The second-order valence-corrected chi connectivity index (χ2v) is 6.43. The lowest BCUT2D eigenvalue weighted by molar-refractivity contribution is 0.165. The first-order valence-electron chi connectivity index (χ1n) is 5.03. The van der Waals surface area contributed by atoms with Gasteiger partial charge in [-0.3, -0.25) is 4.21 Å². The number of hydrogen-bond donors (Lipinski definition) is 0. The maximum absolute atomic E-state index is 11.5. The van der Waals surface area contributed by atoms with E-state index in [2.05, 4.69) is 25.7 Å². The van der Waals surface area contributed by atoms with E-state index in [4.69, 9.17) is 0 Å². The monoisotopic (exact) mass is 203 g/mol. The molecule has 2 nitrogen and oxygen atoms in total. The van der Waals surface area contributed by atoms with Crippen LogP contribution in [-0.4, -0.2) is 39.2 Å². The Hall–Kier alpha value is 0.110. The minimum atomic E-state index is -0.672. The largest absolute Gasteiger partial charge is 0.301 e. The van der Waals surface area contributed by atoms with Crippen LogP contribution in [0.15, 0.2) is 0 Å². The van der Waals surface area contributed by atoms with Gasteiger partial charge in [-0.1, -0.05) is 0 Å². The summed E-state index contributed by atoms with van der Waals surface area (Å²) in [5, 5.41) is 0. The molecule has 0 saturated carbocycles. The van der Waals surface area contributed by atoms with E-state index in [1.54, 1.807) is 0 Å². The molecule has 1 unspecified atom stereocenters. The zero-order valence-corrected chi connectivity index (χ0v) is 9.99. The van der Waals surface area contributed by atoms with E-state index < -0.39 is 10.8 Å². The predicted octanol–water partition coefficient (Wildman–Crippen LogP) is 1.63. The zero-order chi connectivity index (χ0) is 10.1. The number of nitrogens with zero attached hydrogens (tertiary/aromatic N) is 1. The summed E-state index contributed by atoms with van der Waals surface area (Å²) >= 11 is 0. The highest BCUT2D eigenvalue weighted by Gasteiger charge is 2.33. The zero-order valence-electron chi connectivity index (χ0n) is 9.17. The Bertz CT molecular complexity index is 195. The molecule has 0 bridgehead atoms. The fourth-order valence-electron chi connectivity index (χ4n) is 1.80. The van der Waals surface area contributed by atoms with Crippen molar-refractivity contribution in [2.45, 2.75) is 44.4 Å². The first kappa shape index (κ1) is 11.2. The second kappa shape index (κ2) is 4.09. The second-order valence-electron chi connectivity index (χ2n) is 4.53. The van der Waals surface area contributed by atoms with E-state index >= 15 is 0 Å². The third-order valence-corrected chi connectivity index (χ3v) is 5.08. The highest BCUT2D eigenvalue weighted by Crippen LogP contribution is 2.27. The van der Waals surface area contributed by atoms with Crippen LogP contribution in [0.25, 0.3) is 0 Å². The molecule has 1 saturated heterocycles. The van der Waals surface area contributed by atoms with Crippen molar-refractivity contribution >= 4 is 10.8 Å². The van der Waals surface area contributed by atoms with Gasteiger partial charge in [0.25, 0.3) is 0 Å². The Morgan fingerprint density at radius 1 is 1.31 bits per heavy atom. The highest BCUT2D eigenvalue weighted by molar-refractivity contribution is 7.85. The number of rotatable bonds is 2. The summed E-state index contributed by atoms with van der Waals surface area (Å²) in [5.74, 6) is 0. The minimum Gasteiger partial charge on any atom is -0.301 e. The molecular weight excluding hydrogens is 182 g/mol. The van der Waals surface area contributed by atoms with Crippen molar-refractivity contribution in [3.05, 3.63) is 0 Å². The molecule has 1 rings (SSSR count). The first-order chi connectivity index (χ1) is 5.96. The maximum Gasteiger partial charge on any atom is 0.0452 e. The molecule has 0 aromatic rings. The molecule has 0 aliphatic carbocycles. The van der Waals surface area contributed by atoms with Gasteiger partial charge in [-0.05, 0) is 46.7 Å². The van der Waals surface area contributed by atoms with Gasteiger partial charge in [0.2, 0.25) is 0 Å². The van der Waals surface area contributed by atoms with E-state index in [1.807, 2.05) is 6.26 Å². The van der Waals surface area contributed by atoms with Gasteiger partial charge in [0.1, 0.15) is 0 Å². The third kappa shape index (κ3) is 2.53. The van der Waals surface area contributed by atoms with E-state index in [0.717, 1.165) is 25.9 Å². The Labute approximate surface area is 84.2 Å². The normalized spacial score (nSPS) is 26.2. The van der Waals surface area contributed by atoms with Gasteiger partial charge in [0, 0.05) is 27.8 Å². The van der Waals surface area contributed by atoms with Gasteiger partial charge in [-0.2, -0.15) is 0 Å². The van der Waals surface area contributed by atoms with E-state index in [9.17, 15) is 4.21 Å². The van der Waals surface area contributed by atoms with Crippen molar-refractivity contribution in [2.24, 2.45) is 0 Å². The molecule has 0 amide bonds. The van der Waals surface area contributed by atoms with Crippen molar-refractivity contribution in [3.8, 4) is 0 Å². The summed E-state index contributed by atoms with van der Waals surface area (Å²) in [7, 11) is -0.672. The summed E-state index contributed by atoms with van der Waals surface area (Å²) in [6, 6.07) is 0.634. The van der Waals surface area contributed by atoms with Gasteiger partial charge in [-0.15, -0.1) is 0 Å². The summed E-state index contributed by atoms with van der Waals surface area (Å²) < 4.78 is 11.6. The molecule has 1 fully saturated rings. The van der Waals surface area contributed by atoms with Crippen molar-refractivity contribution in [1.29, 1.82) is 0 Å². The van der Waals surface area contributed by atoms with Crippen molar-refractivity contribution in [3.63, 3.8) is 0 Å². The predicted molar refractivity (Wildman–Crippen MR) is 58.4 cm³/mol. The van der Waals surface area contributed by atoms with Gasteiger partial charge in [0.15, 0.2) is 0 Å². The minimum absolute atomic E-state index is 0.0748. The average molecular weight is 203 g/mol. The van der Waals surface area contributed by atoms with Crippen molar-refractivity contribution < 1.29 is 4.21 Å². The maximum atomic E-state index is 11.5. The molecule has 0 aromatic heterocycles. The molecule has 3 heteroatoms. The summed E-state index contributed by atoms with van der Waals surface area (Å²) in [4.78, 5) is 2.47. The summed E-state index contributed by atoms with van der Waals surface area (Å²) in [5.41, 5.74) is 0. The van der Waals surface area contributed by atoms with Crippen LogP contribution in [0.4, 0.5) is 0 Å². The highest BCUT2D eigenvalue weighted by atomic mass is 32.2. The van der Waals surface area contributed by atoms with Crippen LogP contribution in [0, 0.1) is 0 Å². The van der Waals surface area contributed by atoms with Gasteiger partial charge in [0.05, 0.1) is 0 Å². The molecule has 1 aliphatic heterocycles. The molecule has 1 atom stereocenters. The van der Waals surface area contributed by atoms with E-state index in [-0.39, 0.29) is 4.75 Å². The SMILES string of the molecule is CC(C)N1CCC(C)(S(C)=O)CC1. The first-order valence-corrected chi connectivity index (χ1v) is 6.59. The molecule has 78 valence electrons. The standard InChI is InChI=1S/C10H21NOS/c1-9(2)11-7-5-10(3,6-8-11)13(4)12/h9H,5-8H2,1-4H3. The Kier molecular flexibility index (Phi) is 3.52. The number of likely N-dealkylation sites (tertiary alicyclic amines) is 1. The smallest absolute Gasteiger partial charge is 0.0452 e. The molecule has 0 spiro atoms. The van der Waals surface area contributed by atoms with Crippen molar-refractivity contribution in [2.75, 3.05) is 19.3 Å². The molecule has 1 heterocycles. The third-order valence-electron chi connectivity index (χ3n) is 3.28. The van der Waals surface area contributed by atoms with Gasteiger partial charge >= 0.3 is 0 Å². The quantitative estimate of drug-likeness (QED) is 0.680. The molecule has 13 heavy (non-hydrogen) atoms. The fraction of sp³-hybridized carbons (Fsp3) is 1.00. The summed E-state index contributed by atoms with van der Waals surface area (Å²) in [6.07, 6.45) is 3.99. The topological polar surface area (TPSA) is 20.3 Å². The van der Waals surface area contributed by atoms with Crippen LogP contribution in [0.2, 0.25) is 0 Å². The van der Waals surface area contributed by atoms with Crippen LogP contribution in [0.3, 0.4) is 0 Å². The van der Waals surface area contributed by atoms with Gasteiger partial charge < -0.3 is 4.90 Å². The fourth-order valence-corrected chi connectivity index (χ4v) is 2.56. The lowest BCUT2D eigenvalue weighted by Gasteiger charge is -2.39. The van der Waals surface area contributed by atoms with Crippen LogP contribution >= 0.6 is 0 Å². The molecule has 0 aromatic carbocycles. The average Bonchev–Trinajstić information content (AvgIpc) is 2.04. The van der Waals surface area contributed by atoms with Crippen LogP contribution in [0.5, 0.6) is 0 Å². The lowest BCUT2D eigenvalue weighted by Crippen LogP contribution is -2.47. The number of piperidine rings is 1. The summed E-state index contributed by atoms with van der Waals surface area (Å²) in [6.45, 7) is 8.82. The Balaban J connectivity index is 2.51.